The molecule has 27 heavy (non-hydrogen) atoms. The lowest BCUT2D eigenvalue weighted by Crippen LogP contribution is -2.51. The Hall–Kier alpha value is -2.04. The average molecular weight is 370 g/mol. The van der Waals surface area contributed by atoms with E-state index in [-0.39, 0.29) is 18.3 Å². The van der Waals surface area contributed by atoms with Crippen LogP contribution in [0, 0.1) is 0 Å². The lowest BCUT2D eigenvalue weighted by molar-refractivity contribution is -0.177. The molecule has 3 rings (SSSR count). The molecule has 0 aliphatic carbocycles. The van der Waals surface area contributed by atoms with Crippen LogP contribution in [0.4, 0.5) is 5.69 Å². The molecule has 0 spiro atoms. The van der Waals surface area contributed by atoms with Crippen molar-refractivity contribution in [3.8, 4) is 5.75 Å². The number of benzene rings is 2. The Balaban J connectivity index is 1.92. The van der Waals surface area contributed by atoms with Crippen LogP contribution >= 0.6 is 0 Å². The molecule has 2 atom stereocenters. The molecule has 146 valence electrons. The summed E-state index contributed by atoms with van der Waals surface area (Å²) in [6, 6.07) is 16.4. The van der Waals surface area contributed by atoms with E-state index in [1.807, 2.05) is 24.3 Å². The van der Waals surface area contributed by atoms with Gasteiger partial charge in [-0.05, 0) is 58.4 Å². The molecule has 1 heterocycles. The third-order valence-corrected chi connectivity index (χ3v) is 4.72. The molecule has 1 aliphatic heterocycles. The SMILES string of the molecule is CCNc1ccc2c(c1)C(OC(C)C)C(OCc1ccccc1)C(C)(C)O2. The maximum atomic E-state index is 6.38. The highest BCUT2D eigenvalue weighted by molar-refractivity contribution is 5.53. The fourth-order valence-corrected chi connectivity index (χ4v) is 3.53. The quantitative estimate of drug-likeness (QED) is 0.715. The topological polar surface area (TPSA) is 39.7 Å². The molecular weight excluding hydrogens is 338 g/mol. The first kappa shape index (κ1) is 19.7. The van der Waals surface area contributed by atoms with Crippen LogP contribution in [0.15, 0.2) is 48.5 Å². The normalized spacial score (nSPS) is 20.8. The predicted molar refractivity (Wildman–Crippen MR) is 109 cm³/mol. The van der Waals surface area contributed by atoms with Gasteiger partial charge < -0.3 is 19.5 Å². The number of fused-ring (bicyclic) bond motifs is 1. The summed E-state index contributed by atoms with van der Waals surface area (Å²) in [6.45, 7) is 11.7. The van der Waals surface area contributed by atoms with E-state index in [4.69, 9.17) is 14.2 Å². The molecule has 0 aromatic heterocycles. The molecule has 0 saturated carbocycles. The molecule has 0 saturated heterocycles. The molecule has 0 radical (unpaired) electrons. The number of anilines is 1. The molecule has 2 aromatic carbocycles. The van der Waals surface area contributed by atoms with Gasteiger partial charge in [-0.2, -0.15) is 0 Å². The Morgan fingerprint density at radius 2 is 1.85 bits per heavy atom. The highest BCUT2D eigenvalue weighted by Crippen LogP contribution is 2.45. The first-order valence-electron chi connectivity index (χ1n) is 9.78. The minimum Gasteiger partial charge on any atom is -0.485 e. The molecule has 2 aromatic rings. The summed E-state index contributed by atoms with van der Waals surface area (Å²) < 4.78 is 19.1. The van der Waals surface area contributed by atoms with Crippen molar-refractivity contribution in [2.45, 2.75) is 65.1 Å². The van der Waals surface area contributed by atoms with Gasteiger partial charge in [-0.1, -0.05) is 30.3 Å². The highest BCUT2D eigenvalue weighted by atomic mass is 16.6. The Labute approximate surface area is 162 Å². The third kappa shape index (κ3) is 4.63. The second-order valence-electron chi connectivity index (χ2n) is 7.81. The standard InChI is InChI=1S/C23H31NO3/c1-6-24-18-12-13-20-19(14-18)21(26-16(2)3)22(23(4,5)27-20)25-15-17-10-8-7-9-11-17/h7-14,16,21-22,24H,6,15H2,1-5H3. The lowest BCUT2D eigenvalue weighted by Gasteiger charge is -2.45. The highest BCUT2D eigenvalue weighted by Gasteiger charge is 2.46. The van der Waals surface area contributed by atoms with E-state index in [0.717, 1.165) is 29.1 Å². The molecule has 4 nitrogen and oxygen atoms in total. The van der Waals surface area contributed by atoms with Crippen molar-refractivity contribution in [2.75, 3.05) is 11.9 Å². The van der Waals surface area contributed by atoms with Gasteiger partial charge in [0.25, 0.3) is 0 Å². The minimum atomic E-state index is -0.499. The van der Waals surface area contributed by atoms with Gasteiger partial charge in [0.1, 0.15) is 23.6 Å². The van der Waals surface area contributed by atoms with E-state index in [1.54, 1.807) is 0 Å². The van der Waals surface area contributed by atoms with Crippen LogP contribution < -0.4 is 10.1 Å². The Morgan fingerprint density at radius 3 is 2.52 bits per heavy atom. The first-order valence-corrected chi connectivity index (χ1v) is 9.78. The number of hydrogen-bond acceptors (Lipinski definition) is 4. The van der Waals surface area contributed by atoms with Crippen molar-refractivity contribution < 1.29 is 14.2 Å². The van der Waals surface area contributed by atoms with E-state index in [2.05, 4.69) is 64.2 Å². The zero-order valence-electron chi connectivity index (χ0n) is 17.0. The number of ether oxygens (including phenoxy) is 3. The zero-order chi connectivity index (χ0) is 19.4. The van der Waals surface area contributed by atoms with Crippen molar-refractivity contribution in [3.05, 3.63) is 59.7 Å². The summed E-state index contributed by atoms with van der Waals surface area (Å²) in [6.07, 6.45) is -0.321. The molecular formula is C23H31NO3. The van der Waals surface area contributed by atoms with Crippen LogP contribution in [0.3, 0.4) is 0 Å². The minimum absolute atomic E-state index is 0.0855. The smallest absolute Gasteiger partial charge is 0.132 e. The molecule has 1 aliphatic rings. The number of hydrogen-bond donors (Lipinski definition) is 1. The maximum absolute atomic E-state index is 6.38. The molecule has 4 heteroatoms. The van der Waals surface area contributed by atoms with Gasteiger partial charge in [-0.25, -0.2) is 0 Å². The van der Waals surface area contributed by atoms with Crippen molar-refractivity contribution in [3.63, 3.8) is 0 Å². The van der Waals surface area contributed by atoms with E-state index < -0.39 is 5.60 Å². The van der Waals surface area contributed by atoms with Crippen LogP contribution in [0.5, 0.6) is 5.75 Å². The van der Waals surface area contributed by atoms with Crippen LogP contribution in [0.25, 0.3) is 0 Å². The molecule has 0 fully saturated rings. The average Bonchev–Trinajstić information content (AvgIpc) is 2.62. The van der Waals surface area contributed by atoms with E-state index in [1.165, 1.54) is 0 Å². The van der Waals surface area contributed by atoms with Crippen LogP contribution in [0.1, 0.15) is 51.8 Å². The van der Waals surface area contributed by atoms with Crippen LogP contribution in [0.2, 0.25) is 0 Å². The largest absolute Gasteiger partial charge is 0.485 e. The Kier molecular flexibility index (Phi) is 6.08. The monoisotopic (exact) mass is 369 g/mol. The van der Waals surface area contributed by atoms with E-state index >= 15 is 0 Å². The summed E-state index contributed by atoms with van der Waals surface area (Å²) in [4.78, 5) is 0. The maximum Gasteiger partial charge on any atom is 0.132 e. The van der Waals surface area contributed by atoms with Gasteiger partial charge in [0.05, 0.1) is 12.7 Å². The number of nitrogens with one attached hydrogen (secondary N) is 1. The van der Waals surface area contributed by atoms with Gasteiger partial charge in [-0.3, -0.25) is 0 Å². The summed E-state index contributed by atoms with van der Waals surface area (Å²) >= 11 is 0. The predicted octanol–water partition coefficient (Wildman–Crippen LogP) is 5.34. The van der Waals surface area contributed by atoms with Crippen molar-refractivity contribution in [2.24, 2.45) is 0 Å². The summed E-state index contributed by atoms with van der Waals surface area (Å²) in [5.41, 5.74) is 2.75. The van der Waals surface area contributed by atoms with Crippen molar-refractivity contribution >= 4 is 5.69 Å². The summed E-state index contributed by atoms with van der Waals surface area (Å²) in [5, 5.41) is 3.37. The fraction of sp³-hybridized carbons (Fsp3) is 0.478. The zero-order valence-corrected chi connectivity index (χ0v) is 17.0. The summed E-state index contributed by atoms with van der Waals surface area (Å²) in [7, 11) is 0. The van der Waals surface area contributed by atoms with Gasteiger partial charge >= 0.3 is 0 Å². The fourth-order valence-electron chi connectivity index (χ4n) is 3.53. The Morgan fingerprint density at radius 1 is 1.11 bits per heavy atom. The third-order valence-electron chi connectivity index (χ3n) is 4.72. The van der Waals surface area contributed by atoms with Gasteiger partial charge in [0.2, 0.25) is 0 Å². The van der Waals surface area contributed by atoms with E-state index in [9.17, 15) is 0 Å². The first-order chi connectivity index (χ1) is 12.9. The Bertz CT molecular complexity index is 743. The van der Waals surface area contributed by atoms with E-state index in [0.29, 0.717) is 6.61 Å². The van der Waals surface area contributed by atoms with Gasteiger partial charge in [0, 0.05) is 17.8 Å². The summed E-state index contributed by atoms with van der Waals surface area (Å²) in [5.74, 6) is 0.867. The molecule has 0 bridgehead atoms. The second kappa shape index (κ2) is 8.32. The van der Waals surface area contributed by atoms with Crippen LogP contribution in [-0.4, -0.2) is 24.4 Å². The number of rotatable bonds is 7. The van der Waals surface area contributed by atoms with Gasteiger partial charge in [-0.15, -0.1) is 0 Å². The lowest BCUT2D eigenvalue weighted by atomic mass is 9.87. The van der Waals surface area contributed by atoms with Crippen molar-refractivity contribution in [1.29, 1.82) is 0 Å². The molecule has 2 unspecified atom stereocenters. The molecule has 1 N–H and O–H groups in total. The van der Waals surface area contributed by atoms with Gasteiger partial charge in [0.15, 0.2) is 0 Å². The van der Waals surface area contributed by atoms with Crippen LogP contribution in [-0.2, 0) is 16.1 Å². The van der Waals surface area contributed by atoms with Crippen molar-refractivity contribution in [1.82, 2.24) is 0 Å². The molecule has 0 amide bonds. The second-order valence-corrected chi connectivity index (χ2v) is 7.81.